The molecule has 0 fully saturated rings. The smallest absolute Gasteiger partial charge is 0.264 e. The van der Waals surface area contributed by atoms with Gasteiger partial charge in [-0.2, -0.15) is 0 Å². The molecule has 31 heavy (non-hydrogen) atoms. The first-order valence-electron chi connectivity index (χ1n) is 9.23. The number of carbonyl (C=O) groups excluding carboxylic acids is 1. The van der Waals surface area contributed by atoms with Crippen LogP contribution in [0.4, 0.5) is 5.69 Å². The summed E-state index contributed by atoms with van der Waals surface area (Å²) in [4.78, 5) is 12.5. The summed E-state index contributed by atoms with van der Waals surface area (Å²) in [6.07, 6.45) is 4.48. The predicted octanol–water partition coefficient (Wildman–Crippen LogP) is 4.25. The van der Waals surface area contributed by atoms with Crippen LogP contribution in [0.1, 0.15) is 15.9 Å². The van der Waals surface area contributed by atoms with Crippen molar-refractivity contribution in [1.82, 2.24) is 5.32 Å². The molecule has 7 nitrogen and oxygen atoms in total. The van der Waals surface area contributed by atoms with Gasteiger partial charge in [-0.3, -0.25) is 9.10 Å². The minimum absolute atomic E-state index is 0.0410. The number of benzene rings is 2. The van der Waals surface area contributed by atoms with Crippen LogP contribution in [-0.4, -0.2) is 28.0 Å². The highest BCUT2D eigenvalue weighted by Crippen LogP contribution is 2.28. The molecule has 0 atom stereocenters. The fourth-order valence-electron chi connectivity index (χ4n) is 2.84. The minimum Gasteiger partial charge on any atom is -0.497 e. The first-order chi connectivity index (χ1) is 14.9. The molecule has 0 saturated carbocycles. The number of halogens is 1. The second-order valence-corrected chi connectivity index (χ2v) is 8.75. The van der Waals surface area contributed by atoms with Crippen LogP contribution in [0.25, 0.3) is 0 Å². The molecule has 0 bridgehead atoms. The maximum atomic E-state index is 13.4. The van der Waals surface area contributed by atoms with E-state index in [0.29, 0.717) is 11.4 Å². The number of rotatable bonds is 9. The number of hydrogen-bond acceptors (Lipinski definition) is 5. The lowest BCUT2D eigenvalue weighted by atomic mass is 10.2. The average molecular weight is 461 g/mol. The van der Waals surface area contributed by atoms with E-state index in [2.05, 4.69) is 11.9 Å². The van der Waals surface area contributed by atoms with Crippen molar-refractivity contribution in [3.8, 4) is 5.75 Å². The van der Waals surface area contributed by atoms with Crippen LogP contribution >= 0.6 is 11.6 Å². The summed E-state index contributed by atoms with van der Waals surface area (Å²) >= 11 is 6.18. The Hall–Kier alpha value is -3.23. The van der Waals surface area contributed by atoms with Gasteiger partial charge in [-0.1, -0.05) is 17.7 Å². The van der Waals surface area contributed by atoms with Gasteiger partial charge in [-0.15, -0.1) is 6.58 Å². The third-order valence-electron chi connectivity index (χ3n) is 4.46. The molecule has 0 radical (unpaired) electrons. The van der Waals surface area contributed by atoms with Crippen LogP contribution in [0, 0.1) is 0 Å². The Morgan fingerprint density at radius 3 is 2.58 bits per heavy atom. The van der Waals surface area contributed by atoms with Crippen molar-refractivity contribution < 1.29 is 22.4 Å². The van der Waals surface area contributed by atoms with Crippen LogP contribution in [-0.2, 0) is 16.6 Å². The van der Waals surface area contributed by atoms with E-state index in [0.717, 1.165) is 5.56 Å². The van der Waals surface area contributed by atoms with Gasteiger partial charge in [0.25, 0.3) is 15.9 Å². The molecule has 1 N–H and O–H groups in total. The highest BCUT2D eigenvalue weighted by molar-refractivity contribution is 7.92. The molecule has 2 aromatic carbocycles. The van der Waals surface area contributed by atoms with Crippen molar-refractivity contribution >= 4 is 33.2 Å². The van der Waals surface area contributed by atoms with E-state index >= 15 is 0 Å². The summed E-state index contributed by atoms with van der Waals surface area (Å²) in [5, 5.41) is 2.84. The van der Waals surface area contributed by atoms with Crippen molar-refractivity contribution in [2.45, 2.75) is 11.4 Å². The molecule has 3 aromatic rings. The number of hydrogen-bond donors (Lipinski definition) is 1. The maximum Gasteiger partial charge on any atom is 0.264 e. The zero-order chi connectivity index (χ0) is 22.4. The molecule has 0 aliphatic rings. The lowest BCUT2D eigenvalue weighted by Crippen LogP contribution is -2.31. The SMILES string of the molecule is C=CCN(c1ccc(OC)cc1)S(=O)(=O)c1ccc(Cl)c(C(=O)NCc2ccoc2)c1. The molecule has 1 aromatic heterocycles. The number of nitrogens with one attached hydrogen (secondary N) is 1. The standard InChI is InChI=1S/C22H21ClN2O5S/c1-3-11-25(17-4-6-18(29-2)7-5-17)31(27,28)19-8-9-21(23)20(13-19)22(26)24-14-16-10-12-30-15-16/h3-10,12-13,15H,1,11,14H2,2H3,(H,24,26). The van der Waals surface area contributed by atoms with E-state index in [-0.39, 0.29) is 28.6 Å². The van der Waals surface area contributed by atoms with E-state index in [9.17, 15) is 13.2 Å². The number of ether oxygens (including phenoxy) is 1. The zero-order valence-electron chi connectivity index (χ0n) is 16.7. The van der Waals surface area contributed by atoms with Gasteiger partial charge in [0.2, 0.25) is 0 Å². The molecule has 1 heterocycles. The second kappa shape index (κ2) is 9.72. The van der Waals surface area contributed by atoms with E-state index in [4.69, 9.17) is 20.8 Å². The van der Waals surface area contributed by atoms with Crippen molar-refractivity contribution in [1.29, 1.82) is 0 Å². The molecule has 0 unspecified atom stereocenters. The van der Waals surface area contributed by atoms with E-state index in [1.165, 1.54) is 48.2 Å². The number of furan rings is 1. The average Bonchev–Trinajstić information content (AvgIpc) is 3.29. The van der Waals surface area contributed by atoms with Crippen molar-refractivity contribution in [3.05, 3.63) is 89.9 Å². The minimum atomic E-state index is -4.00. The summed E-state index contributed by atoms with van der Waals surface area (Å²) in [6.45, 7) is 3.91. The van der Waals surface area contributed by atoms with Gasteiger partial charge in [0, 0.05) is 12.1 Å². The topological polar surface area (TPSA) is 88.8 Å². The Labute approximate surface area is 185 Å². The summed E-state index contributed by atoms with van der Waals surface area (Å²) in [6, 6.07) is 12.3. The number of anilines is 1. The fourth-order valence-corrected chi connectivity index (χ4v) is 4.51. The number of sulfonamides is 1. The Morgan fingerprint density at radius 2 is 1.97 bits per heavy atom. The molecular formula is C22H21ClN2O5S. The predicted molar refractivity (Wildman–Crippen MR) is 119 cm³/mol. The number of carbonyl (C=O) groups is 1. The van der Waals surface area contributed by atoms with Crippen LogP contribution in [0.5, 0.6) is 5.75 Å². The third kappa shape index (κ3) is 5.10. The largest absolute Gasteiger partial charge is 0.497 e. The second-order valence-electron chi connectivity index (χ2n) is 6.48. The highest BCUT2D eigenvalue weighted by atomic mass is 35.5. The first kappa shape index (κ1) is 22.5. The Bertz CT molecular complexity index is 1160. The molecule has 162 valence electrons. The van der Waals surface area contributed by atoms with Crippen molar-refractivity contribution in [2.75, 3.05) is 18.0 Å². The van der Waals surface area contributed by atoms with Crippen LogP contribution in [0.2, 0.25) is 5.02 Å². The number of methoxy groups -OCH3 is 1. The van der Waals surface area contributed by atoms with Crippen LogP contribution in [0.3, 0.4) is 0 Å². The van der Waals surface area contributed by atoms with Gasteiger partial charge in [-0.05, 0) is 48.5 Å². The van der Waals surface area contributed by atoms with E-state index < -0.39 is 15.9 Å². The first-order valence-corrected chi connectivity index (χ1v) is 11.0. The molecule has 0 aliphatic heterocycles. The quantitative estimate of drug-likeness (QED) is 0.482. The summed E-state index contributed by atoms with van der Waals surface area (Å²) in [5.41, 5.74) is 1.26. The normalized spacial score (nSPS) is 11.0. The fraction of sp³-hybridized carbons (Fsp3) is 0.136. The Morgan fingerprint density at radius 1 is 1.23 bits per heavy atom. The van der Waals surface area contributed by atoms with Crippen molar-refractivity contribution in [3.63, 3.8) is 0 Å². The molecule has 3 rings (SSSR count). The summed E-state index contributed by atoms with van der Waals surface area (Å²) in [7, 11) is -2.47. The molecule has 0 spiro atoms. The van der Waals surface area contributed by atoms with Crippen LogP contribution < -0.4 is 14.4 Å². The maximum absolute atomic E-state index is 13.4. The monoisotopic (exact) mass is 460 g/mol. The van der Waals surface area contributed by atoms with Gasteiger partial charge in [0.15, 0.2) is 0 Å². The van der Waals surface area contributed by atoms with Crippen LogP contribution in [0.15, 0.2) is 83.0 Å². The van der Waals surface area contributed by atoms with E-state index in [1.54, 1.807) is 30.3 Å². The molecule has 0 aliphatic carbocycles. The molecule has 9 heteroatoms. The Balaban J connectivity index is 1.92. The highest BCUT2D eigenvalue weighted by Gasteiger charge is 2.26. The van der Waals surface area contributed by atoms with Gasteiger partial charge >= 0.3 is 0 Å². The number of amides is 1. The number of nitrogens with zero attached hydrogens (tertiary/aromatic N) is 1. The lowest BCUT2D eigenvalue weighted by Gasteiger charge is -2.23. The molecular weight excluding hydrogens is 440 g/mol. The van der Waals surface area contributed by atoms with Gasteiger partial charge in [0.1, 0.15) is 5.75 Å². The van der Waals surface area contributed by atoms with Crippen molar-refractivity contribution in [2.24, 2.45) is 0 Å². The lowest BCUT2D eigenvalue weighted by molar-refractivity contribution is 0.0951. The van der Waals surface area contributed by atoms with Gasteiger partial charge < -0.3 is 14.5 Å². The molecule has 1 amide bonds. The summed E-state index contributed by atoms with van der Waals surface area (Å²) in [5.74, 6) is 0.103. The van der Waals surface area contributed by atoms with Gasteiger partial charge in [0.05, 0.1) is 47.3 Å². The third-order valence-corrected chi connectivity index (χ3v) is 6.58. The summed E-state index contributed by atoms with van der Waals surface area (Å²) < 4.78 is 38.0. The van der Waals surface area contributed by atoms with E-state index in [1.807, 2.05) is 0 Å². The Kier molecular flexibility index (Phi) is 7.04. The van der Waals surface area contributed by atoms with Gasteiger partial charge in [-0.25, -0.2) is 8.42 Å². The zero-order valence-corrected chi connectivity index (χ0v) is 18.3. The molecule has 0 saturated heterocycles.